The van der Waals surface area contributed by atoms with Crippen LogP contribution in [0.5, 0.6) is 0 Å². The maximum absolute atomic E-state index is 13.7. The average Bonchev–Trinajstić information content (AvgIpc) is 2.94. The van der Waals surface area contributed by atoms with Gasteiger partial charge in [0.1, 0.15) is 5.82 Å². The molecule has 0 bridgehead atoms. The number of aryl methyl sites for hydroxylation is 1. The summed E-state index contributed by atoms with van der Waals surface area (Å²) in [6, 6.07) is 6.48. The molecule has 2 aromatic rings. The number of thiophene rings is 1. The van der Waals surface area contributed by atoms with Crippen LogP contribution in [0.4, 0.5) is 4.39 Å². The predicted octanol–water partition coefficient (Wildman–Crippen LogP) is 2.18. The maximum atomic E-state index is 13.7. The molecule has 1 aromatic heterocycles. The fraction of sp³-hybridized carbons (Fsp3) is 0.286. The Morgan fingerprint density at radius 3 is 2.76 bits per heavy atom. The predicted molar refractivity (Wildman–Crippen MR) is 82.2 cm³/mol. The van der Waals surface area contributed by atoms with Crippen LogP contribution in [-0.2, 0) is 23.0 Å². The molecule has 0 fully saturated rings. The van der Waals surface area contributed by atoms with E-state index in [0.717, 1.165) is 4.88 Å². The number of halogens is 1. The van der Waals surface area contributed by atoms with Crippen molar-refractivity contribution in [3.05, 3.63) is 51.5 Å². The number of nitrogens with one attached hydrogen (secondary N) is 1. The van der Waals surface area contributed by atoms with Gasteiger partial charge in [-0.3, -0.25) is 0 Å². The fourth-order valence-electron chi connectivity index (χ4n) is 1.96. The molecule has 21 heavy (non-hydrogen) atoms. The van der Waals surface area contributed by atoms with Crippen LogP contribution >= 0.6 is 11.3 Å². The number of hydrogen-bond acceptors (Lipinski definition) is 4. The van der Waals surface area contributed by atoms with Crippen LogP contribution in [0.2, 0.25) is 0 Å². The van der Waals surface area contributed by atoms with Gasteiger partial charge < -0.3 is 5.73 Å². The lowest BCUT2D eigenvalue weighted by Crippen LogP contribution is -2.26. The van der Waals surface area contributed by atoms with Crippen molar-refractivity contribution < 1.29 is 12.8 Å². The lowest BCUT2D eigenvalue weighted by molar-refractivity contribution is 0.578. The van der Waals surface area contributed by atoms with Gasteiger partial charge in [0.2, 0.25) is 10.0 Å². The van der Waals surface area contributed by atoms with Gasteiger partial charge in [-0.2, -0.15) is 0 Å². The Labute approximate surface area is 127 Å². The van der Waals surface area contributed by atoms with Crippen LogP contribution < -0.4 is 10.5 Å². The summed E-state index contributed by atoms with van der Waals surface area (Å²) in [5.41, 5.74) is 5.92. The fourth-order valence-corrected chi connectivity index (χ4v) is 3.83. The Kier molecular flexibility index (Phi) is 5.10. The second-order valence-electron chi connectivity index (χ2n) is 4.64. The van der Waals surface area contributed by atoms with Gasteiger partial charge in [-0.05, 0) is 42.5 Å². The zero-order chi connectivity index (χ0) is 15.5. The summed E-state index contributed by atoms with van der Waals surface area (Å²) in [6.45, 7) is 1.79. The number of nitrogens with two attached hydrogens (primary N) is 1. The van der Waals surface area contributed by atoms with Crippen LogP contribution in [0, 0.1) is 12.7 Å². The molecule has 0 spiro atoms. The third-order valence-corrected chi connectivity index (χ3v) is 5.45. The molecule has 0 unspecified atom stereocenters. The molecular formula is C14H17FN2O2S2. The van der Waals surface area contributed by atoms with Crippen molar-refractivity contribution in [1.82, 2.24) is 4.72 Å². The van der Waals surface area contributed by atoms with Crippen LogP contribution in [0.15, 0.2) is 34.5 Å². The van der Waals surface area contributed by atoms with Crippen LogP contribution in [0.25, 0.3) is 0 Å². The third kappa shape index (κ3) is 3.88. The van der Waals surface area contributed by atoms with E-state index in [1.165, 1.54) is 19.1 Å². The van der Waals surface area contributed by atoms with Crippen molar-refractivity contribution >= 4 is 21.4 Å². The van der Waals surface area contributed by atoms with E-state index in [2.05, 4.69) is 4.72 Å². The largest absolute Gasteiger partial charge is 0.326 e. The van der Waals surface area contributed by atoms with E-state index in [1.807, 2.05) is 17.5 Å². The third-order valence-electron chi connectivity index (χ3n) is 3.08. The highest BCUT2D eigenvalue weighted by Gasteiger charge is 2.17. The second-order valence-corrected chi connectivity index (χ2v) is 7.44. The van der Waals surface area contributed by atoms with Crippen LogP contribution in [0.3, 0.4) is 0 Å². The molecule has 4 nitrogen and oxygen atoms in total. The molecule has 0 aliphatic carbocycles. The van der Waals surface area contributed by atoms with Gasteiger partial charge in [-0.1, -0.05) is 6.07 Å². The summed E-state index contributed by atoms with van der Waals surface area (Å²) in [5.74, 6) is -0.449. The van der Waals surface area contributed by atoms with Gasteiger partial charge >= 0.3 is 0 Å². The molecule has 1 heterocycles. The van der Waals surface area contributed by atoms with E-state index in [0.29, 0.717) is 13.0 Å². The normalized spacial score (nSPS) is 11.8. The second kappa shape index (κ2) is 6.65. The Bertz CT molecular complexity index is 713. The minimum atomic E-state index is -3.65. The van der Waals surface area contributed by atoms with Crippen molar-refractivity contribution in [2.75, 3.05) is 6.54 Å². The number of benzene rings is 1. The summed E-state index contributed by atoms with van der Waals surface area (Å²) < 4.78 is 40.7. The Morgan fingerprint density at radius 1 is 1.38 bits per heavy atom. The van der Waals surface area contributed by atoms with Crippen molar-refractivity contribution in [3.63, 3.8) is 0 Å². The highest BCUT2D eigenvalue weighted by atomic mass is 32.2. The van der Waals surface area contributed by atoms with Gasteiger partial charge in [-0.15, -0.1) is 11.3 Å². The van der Waals surface area contributed by atoms with E-state index in [1.54, 1.807) is 11.3 Å². The highest BCUT2D eigenvalue weighted by Crippen LogP contribution is 2.19. The maximum Gasteiger partial charge on any atom is 0.240 e. The molecule has 0 saturated carbocycles. The van der Waals surface area contributed by atoms with E-state index in [-0.39, 0.29) is 22.6 Å². The molecule has 0 aliphatic heterocycles. The van der Waals surface area contributed by atoms with Crippen molar-refractivity contribution in [2.45, 2.75) is 24.8 Å². The molecule has 0 amide bonds. The first kappa shape index (κ1) is 16.1. The first-order valence-corrected chi connectivity index (χ1v) is 8.81. The van der Waals surface area contributed by atoms with Crippen molar-refractivity contribution in [3.8, 4) is 0 Å². The lowest BCUT2D eigenvalue weighted by atomic mass is 10.1. The number of rotatable bonds is 6. The van der Waals surface area contributed by atoms with E-state index in [9.17, 15) is 12.8 Å². The van der Waals surface area contributed by atoms with E-state index < -0.39 is 15.8 Å². The molecular weight excluding hydrogens is 311 g/mol. The molecule has 114 valence electrons. The molecule has 1 aromatic carbocycles. The number of sulfonamides is 1. The van der Waals surface area contributed by atoms with Crippen LogP contribution in [0.1, 0.15) is 16.0 Å². The summed E-state index contributed by atoms with van der Waals surface area (Å²) in [6.07, 6.45) is 0.626. The minimum Gasteiger partial charge on any atom is -0.326 e. The Balaban J connectivity index is 2.13. The van der Waals surface area contributed by atoms with Gasteiger partial charge in [-0.25, -0.2) is 17.5 Å². The zero-order valence-electron chi connectivity index (χ0n) is 11.6. The lowest BCUT2D eigenvalue weighted by Gasteiger charge is -2.10. The quantitative estimate of drug-likeness (QED) is 0.854. The zero-order valence-corrected chi connectivity index (χ0v) is 13.2. The van der Waals surface area contributed by atoms with Gasteiger partial charge in [0.05, 0.1) is 4.90 Å². The molecule has 2 rings (SSSR count). The van der Waals surface area contributed by atoms with Crippen molar-refractivity contribution in [1.29, 1.82) is 0 Å². The monoisotopic (exact) mass is 328 g/mol. The summed E-state index contributed by atoms with van der Waals surface area (Å²) in [5, 5.41) is 1.95. The SMILES string of the molecule is Cc1cc(S(=O)(=O)NCCc2cccs2)cc(CN)c1F. The van der Waals surface area contributed by atoms with Gasteiger partial charge in [0.25, 0.3) is 0 Å². The van der Waals surface area contributed by atoms with E-state index >= 15 is 0 Å². The standard InChI is InChI=1S/C14H17FN2O2S2/c1-10-7-13(8-11(9-16)14(10)15)21(18,19)17-5-4-12-3-2-6-20-12/h2-3,6-8,17H,4-5,9,16H2,1H3. The highest BCUT2D eigenvalue weighted by molar-refractivity contribution is 7.89. The average molecular weight is 328 g/mol. The van der Waals surface area contributed by atoms with E-state index in [4.69, 9.17) is 5.73 Å². The summed E-state index contributed by atoms with van der Waals surface area (Å²) >= 11 is 1.58. The first-order valence-electron chi connectivity index (χ1n) is 6.45. The minimum absolute atomic E-state index is 0.0365. The summed E-state index contributed by atoms with van der Waals surface area (Å²) in [4.78, 5) is 1.16. The molecule has 7 heteroatoms. The molecule has 0 aliphatic rings. The van der Waals surface area contributed by atoms with Crippen LogP contribution in [-0.4, -0.2) is 15.0 Å². The Hall–Kier alpha value is -1.28. The molecule has 0 saturated heterocycles. The molecule has 3 N–H and O–H groups in total. The number of hydrogen-bond donors (Lipinski definition) is 2. The van der Waals surface area contributed by atoms with Gasteiger partial charge in [0.15, 0.2) is 0 Å². The smallest absolute Gasteiger partial charge is 0.240 e. The first-order chi connectivity index (χ1) is 9.94. The molecule has 0 radical (unpaired) electrons. The summed E-state index contributed by atoms with van der Waals surface area (Å²) in [7, 11) is -3.65. The Morgan fingerprint density at radius 2 is 2.14 bits per heavy atom. The molecule has 0 atom stereocenters. The van der Waals surface area contributed by atoms with Crippen molar-refractivity contribution in [2.24, 2.45) is 5.73 Å². The topological polar surface area (TPSA) is 72.2 Å². The van der Waals surface area contributed by atoms with Gasteiger partial charge in [0, 0.05) is 23.5 Å².